The van der Waals surface area contributed by atoms with Gasteiger partial charge in [0.15, 0.2) is 0 Å². The van der Waals surface area contributed by atoms with Gasteiger partial charge in [0.05, 0.1) is 0 Å². The normalized spacial score (nSPS) is 10.4. The van der Waals surface area contributed by atoms with Gasteiger partial charge in [0, 0.05) is 5.02 Å². The maximum Gasteiger partial charge on any atom is 0.413 e. The van der Waals surface area contributed by atoms with Crippen LogP contribution >= 0.6 is 23.8 Å². The van der Waals surface area contributed by atoms with Gasteiger partial charge < -0.3 is 9.15 Å². The van der Waals surface area contributed by atoms with Gasteiger partial charge in [-0.25, -0.2) is 5.10 Å². The molecule has 1 aromatic carbocycles. The van der Waals surface area contributed by atoms with E-state index < -0.39 is 0 Å². The molecule has 0 fully saturated rings. The summed E-state index contributed by atoms with van der Waals surface area (Å²) in [5.74, 6) is 0. The molecule has 0 amide bonds. The molecular formula is C10H9ClN2O2S. The number of aryl methyl sites for hydroxylation is 1. The lowest BCUT2D eigenvalue weighted by Crippen LogP contribution is -1.97. The van der Waals surface area contributed by atoms with Crippen LogP contribution in [0.2, 0.25) is 5.02 Å². The van der Waals surface area contributed by atoms with Crippen LogP contribution in [-0.4, -0.2) is 10.2 Å². The molecule has 1 aromatic heterocycles. The number of aromatic amines is 1. The number of ether oxygens (including phenoxy) is 1. The third-order valence-electron chi connectivity index (χ3n) is 2.07. The first-order valence-corrected chi connectivity index (χ1v) is 5.37. The van der Waals surface area contributed by atoms with E-state index >= 15 is 0 Å². The largest absolute Gasteiger partial charge is 0.444 e. The summed E-state index contributed by atoms with van der Waals surface area (Å²) in [7, 11) is 0. The zero-order valence-corrected chi connectivity index (χ0v) is 10.1. The summed E-state index contributed by atoms with van der Waals surface area (Å²) in [5.41, 5.74) is 2.08. The lowest BCUT2D eigenvalue weighted by atomic mass is 10.1. The number of hydrogen-bond acceptors (Lipinski definition) is 4. The van der Waals surface area contributed by atoms with Crippen molar-refractivity contribution in [1.29, 1.82) is 0 Å². The molecule has 0 saturated carbocycles. The minimum atomic E-state index is 0.138. The van der Waals surface area contributed by atoms with Gasteiger partial charge in [-0.3, -0.25) is 0 Å². The van der Waals surface area contributed by atoms with Gasteiger partial charge in [-0.1, -0.05) is 22.8 Å². The Kier molecular flexibility index (Phi) is 3.26. The molecule has 6 heteroatoms. The molecule has 0 bridgehead atoms. The van der Waals surface area contributed by atoms with Crippen LogP contribution in [0.25, 0.3) is 0 Å². The third kappa shape index (κ3) is 2.62. The van der Waals surface area contributed by atoms with Crippen molar-refractivity contribution < 1.29 is 9.15 Å². The summed E-state index contributed by atoms with van der Waals surface area (Å²) in [6.07, 6.45) is 0.138. The minimum Gasteiger partial charge on any atom is -0.444 e. The van der Waals surface area contributed by atoms with Gasteiger partial charge in [0.2, 0.25) is 0 Å². The standard InChI is InChI=1S/C10H9ClN2O2S/c1-6-4-8(11)3-2-7(6)5-14-9-12-13-10(16)15-9/h2-4H,5H2,1H3,(H,13,16). The Labute approximate surface area is 102 Å². The van der Waals surface area contributed by atoms with E-state index in [0.717, 1.165) is 11.1 Å². The molecule has 2 aromatic rings. The second-order valence-electron chi connectivity index (χ2n) is 3.24. The average Bonchev–Trinajstić information content (AvgIpc) is 2.63. The molecule has 84 valence electrons. The number of hydrogen-bond donors (Lipinski definition) is 1. The number of H-pyrrole nitrogens is 1. The molecule has 0 spiro atoms. The van der Waals surface area contributed by atoms with E-state index in [4.69, 9.17) is 33.0 Å². The number of halogens is 1. The Morgan fingerprint density at radius 2 is 2.38 bits per heavy atom. The van der Waals surface area contributed by atoms with E-state index in [9.17, 15) is 0 Å². The first-order valence-electron chi connectivity index (χ1n) is 4.58. The monoisotopic (exact) mass is 256 g/mol. The van der Waals surface area contributed by atoms with E-state index in [1.165, 1.54) is 0 Å². The maximum atomic E-state index is 5.85. The molecule has 1 N–H and O–H groups in total. The number of benzene rings is 1. The van der Waals surface area contributed by atoms with E-state index in [2.05, 4.69) is 10.2 Å². The minimum absolute atomic E-state index is 0.138. The highest BCUT2D eigenvalue weighted by Crippen LogP contribution is 2.17. The van der Waals surface area contributed by atoms with Crippen LogP contribution in [0.15, 0.2) is 22.6 Å². The van der Waals surface area contributed by atoms with Gasteiger partial charge in [-0.2, -0.15) is 0 Å². The predicted molar refractivity (Wildman–Crippen MR) is 62.2 cm³/mol. The molecule has 0 saturated heterocycles. The van der Waals surface area contributed by atoms with Gasteiger partial charge in [0.1, 0.15) is 6.61 Å². The van der Waals surface area contributed by atoms with Crippen molar-refractivity contribution in [3.8, 4) is 6.08 Å². The number of nitrogens with one attached hydrogen (secondary N) is 1. The van der Waals surface area contributed by atoms with E-state index in [1.807, 2.05) is 25.1 Å². The molecule has 0 aliphatic heterocycles. The maximum absolute atomic E-state index is 5.85. The lowest BCUT2D eigenvalue weighted by molar-refractivity contribution is 0.217. The lowest BCUT2D eigenvalue weighted by Gasteiger charge is -2.05. The fraction of sp³-hybridized carbons (Fsp3) is 0.200. The Morgan fingerprint density at radius 3 is 3.00 bits per heavy atom. The van der Waals surface area contributed by atoms with E-state index in [-0.39, 0.29) is 10.9 Å². The van der Waals surface area contributed by atoms with E-state index in [0.29, 0.717) is 11.6 Å². The van der Waals surface area contributed by atoms with Crippen molar-refractivity contribution in [2.24, 2.45) is 0 Å². The van der Waals surface area contributed by atoms with Crippen LogP contribution in [-0.2, 0) is 6.61 Å². The number of aromatic nitrogens is 2. The number of rotatable bonds is 3. The van der Waals surface area contributed by atoms with Crippen LogP contribution in [0, 0.1) is 11.8 Å². The first-order chi connectivity index (χ1) is 7.65. The summed E-state index contributed by atoms with van der Waals surface area (Å²) in [6, 6.07) is 5.59. The highest BCUT2D eigenvalue weighted by molar-refractivity contribution is 7.71. The Bertz CT molecular complexity index is 550. The Balaban J connectivity index is 2.07. The zero-order chi connectivity index (χ0) is 11.5. The summed E-state index contributed by atoms with van der Waals surface area (Å²) in [4.78, 5) is 0.197. The molecule has 0 unspecified atom stereocenters. The van der Waals surface area contributed by atoms with Gasteiger partial charge in [-0.05, 0) is 42.4 Å². The molecule has 16 heavy (non-hydrogen) atoms. The van der Waals surface area contributed by atoms with Gasteiger partial charge in [-0.15, -0.1) is 0 Å². The highest BCUT2D eigenvalue weighted by Gasteiger charge is 2.03. The topological polar surface area (TPSA) is 51.0 Å². The van der Waals surface area contributed by atoms with Crippen LogP contribution in [0.1, 0.15) is 11.1 Å². The molecular weight excluding hydrogens is 248 g/mol. The van der Waals surface area contributed by atoms with Crippen molar-refractivity contribution in [2.45, 2.75) is 13.5 Å². The molecule has 1 heterocycles. The Hall–Kier alpha value is -1.33. The van der Waals surface area contributed by atoms with Crippen molar-refractivity contribution >= 4 is 23.8 Å². The van der Waals surface area contributed by atoms with Gasteiger partial charge in [0.25, 0.3) is 4.84 Å². The van der Waals surface area contributed by atoms with Crippen LogP contribution in [0.3, 0.4) is 0 Å². The van der Waals surface area contributed by atoms with Gasteiger partial charge >= 0.3 is 6.08 Å². The quantitative estimate of drug-likeness (QED) is 0.857. The van der Waals surface area contributed by atoms with Crippen molar-refractivity contribution in [3.05, 3.63) is 39.2 Å². The summed E-state index contributed by atoms with van der Waals surface area (Å²) >= 11 is 10.6. The predicted octanol–water partition coefficient (Wildman–Crippen LogP) is 3.27. The SMILES string of the molecule is Cc1cc(Cl)ccc1COc1n[nH]c(=S)o1. The Morgan fingerprint density at radius 1 is 1.56 bits per heavy atom. The van der Waals surface area contributed by atoms with E-state index in [1.54, 1.807) is 0 Å². The van der Waals surface area contributed by atoms with Crippen LogP contribution in [0.5, 0.6) is 6.08 Å². The van der Waals surface area contributed by atoms with Crippen LogP contribution < -0.4 is 4.74 Å². The fourth-order valence-corrected chi connectivity index (χ4v) is 1.58. The molecule has 2 rings (SSSR count). The molecule has 4 nitrogen and oxygen atoms in total. The van der Waals surface area contributed by atoms with Crippen molar-refractivity contribution in [3.63, 3.8) is 0 Å². The molecule has 0 aliphatic carbocycles. The highest BCUT2D eigenvalue weighted by atomic mass is 35.5. The smallest absolute Gasteiger partial charge is 0.413 e. The number of nitrogens with zero attached hydrogens (tertiary/aromatic N) is 1. The summed E-state index contributed by atoms with van der Waals surface area (Å²) < 4.78 is 10.3. The van der Waals surface area contributed by atoms with Crippen molar-refractivity contribution in [2.75, 3.05) is 0 Å². The second kappa shape index (κ2) is 4.67. The summed E-state index contributed by atoms with van der Waals surface area (Å²) in [5, 5.41) is 6.92. The average molecular weight is 257 g/mol. The molecule has 0 atom stereocenters. The third-order valence-corrected chi connectivity index (χ3v) is 2.48. The summed E-state index contributed by atoms with van der Waals surface area (Å²) in [6.45, 7) is 2.33. The fourth-order valence-electron chi connectivity index (χ4n) is 1.24. The van der Waals surface area contributed by atoms with Crippen LogP contribution in [0.4, 0.5) is 0 Å². The van der Waals surface area contributed by atoms with Crippen molar-refractivity contribution in [1.82, 2.24) is 10.2 Å². The zero-order valence-electron chi connectivity index (χ0n) is 8.49. The first kappa shape index (κ1) is 11.2. The molecule has 0 aliphatic rings. The second-order valence-corrected chi connectivity index (χ2v) is 4.05. The molecule has 0 radical (unpaired) electrons.